The van der Waals surface area contributed by atoms with Gasteiger partial charge in [-0.2, -0.15) is 5.26 Å². The number of methoxy groups -OCH3 is 1. The van der Waals surface area contributed by atoms with Gasteiger partial charge in [0.05, 0.1) is 36.6 Å². The van der Waals surface area contributed by atoms with Gasteiger partial charge < -0.3 is 24.8 Å². The lowest BCUT2D eigenvalue weighted by Crippen LogP contribution is -2.64. The van der Waals surface area contributed by atoms with Gasteiger partial charge in [0.1, 0.15) is 11.1 Å². The number of anilines is 1. The summed E-state index contributed by atoms with van der Waals surface area (Å²) >= 11 is 0. The standard InChI is InChI=1S/C39H50F2N6O5S/c1-44(2)18-6-11-36(48)46-22-33(23-46)53(50,51)32-14-12-31(13-15-32)47-26-38(41,27-47)25-45-19-16-28(17-20-45)39(24-42,29-7-4-8-30(40)21-29)34-9-5-10-35(34)43-37(49)52-3/h4,6-8,11-15,21,28,33-35H,5,9-10,16-20,22-23,25-27H2,1-3H3,(H,43,49)/b11-6+/t34-,35-,39-/m0/s1. The lowest BCUT2D eigenvalue weighted by atomic mass is 9.59. The van der Waals surface area contributed by atoms with E-state index in [0.29, 0.717) is 50.9 Å². The number of hydrogen-bond acceptors (Lipinski definition) is 9. The van der Waals surface area contributed by atoms with E-state index in [0.717, 1.165) is 12.1 Å². The van der Waals surface area contributed by atoms with Crippen molar-refractivity contribution in [3.8, 4) is 6.07 Å². The molecular formula is C39H50F2N6O5S. The Hall–Kier alpha value is -4.06. The normalized spacial score (nSPS) is 23.6. The van der Waals surface area contributed by atoms with Gasteiger partial charge in [0.2, 0.25) is 5.91 Å². The Labute approximate surface area is 311 Å². The number of alkyl halides is 1. The molecule has 0 aromatic heterocycles. The minimum absolute atomic E-state index is 0.118. The molecule has 0 spiro atoms. The molecule has 0 bridgehead atoms. The summed E-state index contributed by atoms with van der Waals surface area (Å²) in [4.78, 5) is 32.2. The molecule has 3 heterocycles. The fourth-order valence-corrected chi connectivity index (χ4v) is 10.5. The predicted molar refractivity (Wildman–Crippen MR) is 197 cm³/mol. The Balaban J connectivity index is 1.04. The van der Waals surface area contributed by atoms with Crippen molar-refractivity contribution in [1.82, 2.24) is 20.0 Å². The summed E-state index contributed by atoms with van der Waals surface area (Å²) in [6.07, 6.45) is 6.18. The second-order valence-corrected chi connectivity index (χ2v) is 17.6. The third-order valence-electron chi connectivity index (χ3n) is 11.6. The highest BCUT2D eigenvalue weighted by molar-refractivity contribution is 7.92. The number of likely N-dealkylation sites (tertiary alicyclic amines) is 2. The number of nitrogens with one attached hydrogen (secondary N) is 1. The van der Waals surface area contributed by atoms with Crippen LogP contribution in [0.25, 0.3) is 0 Å². The topological polar surface area (TPSA) is 126 Å². The van der Waals surface area contributed by atoms with Crippen LogP contribution in [0, 0.1) is 29.0 Å². The molecule has 286 valence electrons. The van der Waals surface area contributed by atoms with Crippen molar-refractivity contribution in [2.24, 2.45) is 11.8 Å². The van der Waals surface area contributed by atoms with Crippen LogP contribution in [-0.4, -0.2) is 126 Å². The summed E-state index contributed by atoms with van der Waals surface area (Å²) in [7, 11) is 1.49. The van der Waals surface area contributed by atoms with Crippen molar-refractivity contribution in [2.45, 2.75) is 59.4 Å². The van der Waals surface area contributed by atoms with Crippen LogP contribution in [0.3, 0.4) is 0 Å². The summed E-state index contributed by atoms with van der Waals surface area (Å²) in [6.45, 7) is 2.68. The first-order valence-corrected chi connectivity index (χ1v) is 19.9. The fraction of sp³-hybridized carbons (Fsp3) is 0.564. The first-order valence-electron chi connectivity index (χ1n) is 18.4. The summed E-state index contributed by atoms with van der Waals surface area (Å²) in [5.74, 6) is -0.959. The van der Waals surface area contributed by atoms with E-state index in [1.807, 2.05) is 30.0 Å². The van der Waals surface area contributed by atoms with Gasteiger partial charge >= 0.3 is 6.09 Å². The molecule has 0 radical (unpaired) electrons. The number of nitriles is 1. The zero-order valence-corrected chi connectivity index (χ0v) is 31.5. The van der Waals surface area contributed by atoms with Gasteiger partial charge in [-0.15, -0.1) is 0 Å². The SMILES string of the molecule is COC(=O)N[C@H]1CCC[C@@H]1[C@](C#N)(c1cccc(F)c1)C1CCN(CC2(F)CN(c3ccc(S(=O)(=O)C4CN(C(=O)/C=C/CN(C)C)C4)cc3)C2)CC1. The Morgan fingerprint density at radius 2 is 1.79 bits per heavy atom. The summed E-state index contributed by atoms with van der Waals surface area (Å²) in [6, 6.07) is 15.1. The molecule has 1 aliphatic carbocycles. The van der Waals surface area contributed by atoms with Crippen molar-refractivity contribution in [3.63, 3.8) is 0 Å². The number of likely N-dealkylation sites (N-methyl/N-ethyl adjacent to an activating group) is 1. The van der Waals surface area contributed by atoms with E-state index in [2.05, 4.69) is 16.3 Å². The predicted octanol–water partition coefficient (Wildman–Crippen LogP) is 4.15. The molecule has 2 aromatic rings. The lowest BCUT2D eigenvalue weighted by Gasteiger charge is -2.50. The van der Waals surface area contributed by atoms with Gasteiger partial charge in [0.25, 0.3) is 0 Å². The van der Waals surface area contributed by atoms with Crippen molar-refractivity contribution in [1.29, 1.82) is 5.26 Å². The number of piperidine rings is 1. The Bertz CT molecular complexity index is 1820. The number of rotatable bonds is 12. The third kappa shape index (κ3) is 8.07. The molecule has 53 heavy (non-hydrogen) atoms. The molecule has 4 aliphatic rings. The lowest BCUT2D eigenvalue weighted by molar-refractivity contribution is -0.129. The van der Waals surface area contributed by atoms with Gasteiger partial charge in [0.15, 0.2) is 15.5 Å². The van der Waals surface area contributed by atoms with E-state index in [9.17, 15) is 27.7 Å². The summed E-state index contributed by atoms with van der Waals surface area (Å²) < 4.78 is 62.0. The van der Waals surface area contributed by atoms with E-state index in [1.54, 1.807) is 36.4 Å². The van der Waals surface area contributed by atoms with Crippen LogP contribution in [0.4, 0.5) is 19.3 Å². The number of halogens is 2. The zero-order valence-electron chi connectivity index (χ0n) is 30.7. The highest BCUT2D eigenvalue weighted by Crippen LogP contribution is 2.50. The molecule has 2 aromatic carbocycles. The smallest absolute Gasteiger partial charge is 0.407 e. The van der Waals surface area contributed by atoms with Crippen LogP contribution in [0.15, 0.2) is 65.6 Å². The highest BCUT2D eigenvalue weighted by atomic mass is 32.2. The number of nitrogens with zero attached hydrogens (tertiary/aromatic N) is 5. The first kappa shape index (κ1) is 38.7. The summed E-state index contributed by atoms with van der Waals surface area (Å²) in [5, 5.41) is 13.2. The van der Waals surface area contributed by atoms with Gasteiger partial charge in [0, 0.05) is 49.9 Å². The number of carbonyl (C=O) groups excluding carboxylic acids is 2. The number of benzene rings is 2. The zero-order chi connectivity index (χ0) is 38.0. The van der Waals surface area contributed by atoms with Gasteiger partial charge in [-0.25, -0.2) is 22.0 Å². The van der Waals surface area contributed by atoms with E-state index < -0.39 is 38.1 Å². The van der Waals surface area contributed by atoms with Crippen LogP contribution in [0.2, 0.25) is 0 Å². The molecule has 3 aliphatic heterocycles. The molecule has 3 atom stereocenters. The van der Waals surface area contributed by atoms with Crippen LogP contribution in [-0.2, 0) is 24.8 Å². The Kier molecular flexibility index (Phi) is 11.5. The molecule has 11 nitrogen and oxygen atoms in total. The van der Waals surface area contributed by atoms with E-state index >= 15 is 4.39 Å². The minimum Gasteiger partial charge on any atom is -0.453 e. The quantitative estimate of drug-likeness (QED) is 0.319. The second kappa shape index (κ2) is 15.7. The largest absolute Gasteiger partial charge is 0.453 e. The van der Waals surface area contributed by atoms with Gasteiger partial charge in [-0.3, -0.25) is 9.69 Å². The number of amides is 2. The van der Waals surface area contributed by atoms with Crippen LogP contribution < -0.4 is 10.2 Å². The van der Waals surface area contributed by atoms with E-state index in [-0.39, 0.29) is 61.4 Å². The van der Waals surface area contributed by atoms with Crippen molar-refractivity contribution < 1.29 is 31.5 Å². The third-order valence-corrected chi connectivity index (χ3v) is 13.7. The molecular weight excluding hydrogens is 703 g/mol. The Morgan fingerprint density at radius 3 is 2.42 bits per heavy atom. The molecule has 6 rings (SSSR count). The number of sulfone groups is 1. The number of carbonyl (C=O) groups is 2. The average Bonchev–Trinajstić information content (AvgIpc) is 3.55. The molecule has 3 saturated heterocycles. The van der Waals surface area contributed by atoms with Crippen molar-refractivity contribution in [2.75, 3.05) is 78.5 Å². The molecule has 14 heteroatoms. The highest BCUT2D eigenvalue weighted by Gasteiger charge is 2.53. The molecule has 1 saturated carbocycles. The first-order chi connectivity index (χ1) is 25.3. The van der Waals surface area contributed by atoms with Crippen molar-refractivity contribution >= 4 is 27.5 Å². The maximum Gasteiger partial charge on any atom is 0.407 e. The fourth-order valence-electron chi connectivity index (χ4n) is 8.82. The maximum atomic E-state index is 16.1. The molecule has 1 N–H and O–H groups in total. The Morgan fingerprint density at radius 1 is 1.09 bits per heavy atom. The van der Waals surface area contributed by atoms with Crippen LogP contribution in [0.1, 0.15) is 37.7 Å². The summed E-state index contributed by atoms with van der Waals surface area (Å²) in [5.41, 5.74) is -1.12. The monoisotopic (exact) mass is 752 g/mol. The number of alkyl carbamates (subject to hydrolysis) is 1. The van der Waals surface area contributed by atoms with E-state index in [1.165, 1.54) is 30.2 Å². The average molecular weight is 753 g/mol. The van der Waals surface area contributed by atoms with Gasteiger partial charge in [-0.05, 0) is 101 Å². The molecule has 2 amide bonds. The van der Waals surface area contributed by atoms with Crippen LogP contribution >= 0.6 is 0 Å². The maximum absolute atomic E-state index is 16.1. The van der Waals surface area contributed by atoms with Crippen molar-refractivity contribution in [3.05, 3.63) is 72.1 Å². The molecule has 4 fully saturated rings. The van der Waals surface area contributed by atoms with E-state index in [4.69, 9.17) is 4.74 Å². The van der Waals surface area contributed by atoms with Crippen LogP contribution in [0.5, 0.6) is 0 Å². The number of hydrogen-bond donors (Lipinski definition) is 1. The molecule has 0 unspecified atom stereocenters. The number of ether oxygens (including phenoxy) is 1. The second-order valence-electron chi connectivity index (χ2n) is 15.4. The minimum atomic E-state index is -3.62. The van der Waals surface area contributed by atoms with Gasteiger partial charge in [-0.1, -0.05) is 24.6 Å².